The molecule has 0 bridgehead atoms. The van der Waals surface area contributed by atoms with Crippen molar-refractivity contribution in [2.45, 2.75) is 0 Å². The van der Waals surface area contributed by atoms with Gasteiger partial charge in [-0.1, -0.05) is 6.07 Å². The Labute approximate surface area is 227 Å². The maximum Gasteiger partial charge on any atom is 0.265 e. The van der Waals surface area contributed by atoms with E-state index in [0.717, 1.165) is 22.5 Å². The van der Waals surface area contributed by atoms with Gasteiger partial charge in [-0.15, -0.1) is 10.2 Å². The minimum atomic E-state index is 0.139. The van der Waals surface area contributed by atoms with Crippen LogP contribution in [0.2, 0.25) is 0 Å². The Morgan fingerprint density at radius 2 is 1.46 bits per heavy atom. The van der Waals surface area contributed by atoms with Crippen molar-refractivity contribution >= 4 is 0 Å². The van der Waals surface area contributed by atoms with Crippen LogP contribution in [0.1, 0.15) is 0 Å². The highest BCUT2D eigenvalue weighted by atomic mass is 16.5. The van der Waals surface area contributed by atoms with Crippen molar-refractivity contribution < 1.29 is 22.3 Å². The lowest BCUT2D eigenvalue weighted by molar-refractivity contribution is 0.392. The van der Waals surface area contributed by atoms with Gasteiger partial charge in [0.25, 0.3) is 11.8 Å². The molecule has 8 aromatic heterocycles. The number of H-pyrrole nitrogens is 2. The molecule has 0 atom stereocenters. The summed E-state index contributed by atoms with van der Waals surface area (Å²) in [5, 5.41) is 14.7. The van der Waals surface area contributed by atoms with Crippen molar-refractivity contribution in [3.8, 4) is 80.2 Å². The molecule has 15 heteroatoms. The minimum absolute atomic E-state index is 0.139. The number of aromatic nitrogens is 10. The predicted molar refractivity (Wildman–Crippen MR) is 137 cm³/mol. The standard InChI is InChI=1S/C26H14N10O5/c1-2-6-27-15(3-1)20-13(4-7-28-20)14-5-8-29-21(14)25-30-9-19(40-25)24-31-16(10-37-24)17-11-38-26(32-17)22-23(41-36-34-22)18-12-39-35-33-18/h1-12,28-29H. The first kappa shape index (κ1) is 22.6. The summed E-state index contributed by atoms with van der Waals surface area (Å²) in [4.78, 5) is 24.3. The first-order valence-electron chi connectivity index (χ1n) is 12.1. The monoisotopic (exact) mass is 546 g/mol. The first-order valence-corrected chi connectivity index (χ1v) is 12.1. The van der Waals surface area contributed by atoms with Crippen LogP contribution >= 0.6 is 0 Å². The van der Waals surface area contributed by atoms with Crippen LogP contribution in [-0.2, 0) is 0 Å². The zero-order valence-electron chi connectivity index (χ0n) is 20.5. The number of oxazole rings is 3. The Morgan fingerprint density at radius 3 is 2.27 bits per heavy atom. The summed E-state index contributed by atoms with van der Waals surface area (Å²) in [6, 6.07) is 9.69. The van der Waals surface area contributed by atoms with Crippen molar-refractivity contribution in [2.75, 3.05) is 0 Å². The van der Waals surface area contributed by atoms with Crippen LogP contribution in [0.3, 0.4) is 0 Å². The molecule has 41 heavy (non-hydrogen) atoms. The van der Waals surface area contributed by atoms with E-state index < -0.39 is 0 Å². The highest BCUT2D eigenvalue weighted by molar-refractivity contribution is 5.86. The molecule has 15 nitrogen and oxygen atoms in total. The SMILES string of the molecule is c1ccc(-c2[nH]ccc2-c2cc[nH]c2-c2ncc(-c3nc(-c4coc(-c5nnoc5-c5conn5)n4)co3)o2)nc1. The van der Waals surface area contributed by atoms with Gasteiger partial charge in [-0.05, 0) is 24.3 Å². The second-order valence-corrected chi connectivity index (χ2v) is 8.59. The zero-order valence-corrected chi connectivity index (χ0v) is 20.5. The van der Waals surface area contributed by atoms with E-state index >= 15 is 0 Å². The summed E-state index contributed by atoms with van der Waals surface area (Å²) in [7, 11) is 0. The van der Waals surface area contributed by atoms with E-state index in [0.29, 0.717) is 34.4 Å². The maximum absolute atomic E-state index is 6.05. The van der Waals surface area contributed by atoms with Crippen LogP contribution in [0.25, 0.3) is 80.2 Å². The van der Waals surface area contributed by atoms with Crippen LogP contribution in [0.15, 0.2) is 96.2 Å². The van der Waals surface area contributed by atoms with Gasteiger partial charge in [0.1, 0.15) is 29.6 Å². The molecule has 8 aromatic rings. The summed E-state index contributed by atoms with van der Waals surface area (Å²) in [6.45, 7) is 0. The van der Waals surface area contributed by atoms with Crippen LogP contribution < -0.4 is 0 Å². The molecule has 8 rings (SSSR count). The lowest BCUT2D eigenvalue weighted by Gasteiger charge is -2.04. The highest BCUT2D eigenvalue weighted by Crippen LogP contribution is 2.37. The van der Waals surface area contributed by atoms with E-state index in [1.807, 2.05) is 42.7 Å². The summed E-state index contributed by atoms with van der Waals surface area (Å²) >= 11 is 0. The topological polar surface area (TPSA) is 200 Å². The van der Waals surface area contributed by atoms with Gasteiger partial charge < -0.3 is 32.3 Å². The van der Waals surface area contributed by atoms with Gasteiger partial charge in [0.2, 0.25) is 17.4 Å². The van der Waals surface area contributed by atoms with Crippen LogP contribution in [-0.4, -0.2) is 50.6 Å². The number of rotatable bonds is 7. The van der Waals surface area contributed by atoms with Gasteiger partial charge in [0, 0.05) is 40.3 Å². The number of nitrogens with zero attached hydrogens (tertiary/aromatic N) is 8. The average Bonchev–Trinajstić information content (AvgIpc) is 3.86. The summed E-state index contributed by atoms with van der Waals surface area (Å²) in [5.41, 5.74) is 5.56. The maximum atomic E-state index is 6.05. The molecule has 198 valence electrons. The summed E-state index contributed by atoms with van der Waals surface area (Å²) in [6.07, 6.45) is 11.1. The van der Waals surface area contributed by atoms with Gasteiger partial charge in [0.15, 0.2) is 17.7 Å². The summed E-state index contributed by atoms with van der Waals surface area (Å²) in [5.74, 6) is 1.25. The fourth-order valence-corrected chi connectivity index (χ4v) is 4.34. The number of nitrogens with one attached hydrogen (secondary N) is 2. The van der Waals surface area contributed by atoms with E-state index in [1.165, 1.54) is 18.8 Å². The van der Waals surface area contributed by atoms with Crippen molar-refractivity contribution in [3.63, 3.8) is 0 Å². The van der Waals surface area contributed by atoms with Crippen molar-refractivity contribution in [3.05, 3.63) is 73.9 Å². The highest BCUT2D eigenvalue weighted by Gasteiger charge is 2.24. The third kappa shape index (κ3) is 3.84. The van der Waals surface area contributed by atoms with Crippen molar-refractivity contribution in [2.24, 2.45) is 0 Å². The number of hydrogen-bond acceptors (Lipinski definition) is 13. The average molecular weight is 546 g/mol. The fourth-order valence-electron chi connectivity index (χ4n) is 4.34. The third-order valence-corrected chi connectivity index (χ3v) is 6.19. The molecule has 0 aromatic carbocycles. The molecule has 0 saturated carbocycles. The molecular formula is C26H14N10O5. The Bertz CT molecular complexity index is 2080. The van der Waals surface area contributed by atoms with E-state index in [4.69, 9.17) is 22.3 Å². The normalized spacial score (nSPS) is 11.4. The van der Waals surface area contributed by atoms with E-state index in [1.54, 1.807) is 12.4 Å². The van der Waals surface area contributed by atoms with Gasteiger partial charge >= 0.3 is 0 Å². The smallest absolute Gasteiger partial charge is 0.265 e. The molecule has 0 aliphatic rings. The van der Waals surface area contributed by atoms with Crippen LogP contribution in [0.4, 0.5) is 0 Å². The predicted octanol–water partition coefficient (Wildman–Crippen LogP) is 5.14. The van der Waals surface area contributed by atoms with Gasteiger partial charge in [0.05, 0.1) is 17.6 Å². The van der Waals surface area contributed by atoms with Crippen LogP contribution in [0.5, 0.6) is 0 Å². The van der Waals surface area contributed by atoms with Crippen molar-refractivity contribution in [1.29, 1.82) is 0 Å². The molecule has 2 N–H and O–H groups in total. The quantitative estimate of drug-likeness (QED) is 0.266. The largest absolute Gasteiger partial charge is 0.442 e. The number of aromatic amines is 2. The molecule has 0 spiro atoms. The minimum Gasteiger partial charge on any atom is -0.442 e. The molecule has 0 fully saturated rings. The summed E-state index contributed by atoms with van der Waals surface area (Å²) < 4.78 is 27.2. The first-order chi connectivity index (χ1) is 20.3. The number of hydrogen-bond donors (Lipinski definition) is 2. The van der Waals surface area contributed by atoms with Gasteiger partial charge in [-0.3, -0.25) is 4.98 Å². The second kappa shape index (κ2) is 9.12. The lowest BCUT2D eigenvalue weighted by Crippen LogP contribution is -1.87. The Hall–Kier alpha value is -6.38. The van der Waals surface area contributed by atoms with E-state index in [2.05, 4.69) is 50.6 Å². The molecule has 0 radical (unpaired) electrons. The zero-order chi connectivity index (χ0) is 27.2. The number of pyridine rings is 1. The molecule has 0 aliphatic heterocycles. The Balaban J connectivity index is 1.07. The molecule has 0 aliphatic carbocycles. The lowest BCUT2D eigenvalue weighted by atomic mass is 10.0. The van der Waals surface area contributed by atoms with Crippen molar-refractivity contribution in [1.82, 2.24) is 50.6 Å². The van der Waals surface area contributed by atoms with Gasteiger partial charge in [-0.25, -0.2) is 15.0 Å². The Morgan fingerprint density at radius 1 is 0.659 bits per heavy atom. The second-order valence-electron chi connectivity index (χ2n) is 8.59. The molecule has 0 amide bonds. The van der Waals surface area contributed by atoms with Gasteiger partial charge in [-0.2, -0.15) is 0 Å². The Kier molecular flexibility index (Phi) is 5.03. The van der Waals surface area contributed by atoms with Crippen LogP contribution in [0, 0.1) is 0 Å². The third-order valence-electron chi connectivity index (χ3n) is 6.19. The van der Waals surface area contributed by atoms with E-state index in [9.17, 15) is 0 Å². The molecular weight excluding hydrogens is 532 g/mol. The molecule has 0 saturated heterocycles. The molecule has 8 heterocycles. The fraction of sp³-hybridized carbons (Fsp3) is 0. The molecule has 0 unspecified atom stereocenters. The van der Waals surface area contributed by atoms with E-state index in [-0.39, 0.29) is 23.2 Å².